The molecule has 1 unspecified atom stereocenters. The zero-order chi connectivity index (χ0) is 29.3. The number of carbonyl (C=O) groups is 2. The molecule has 2 aromatic carbocycles. The number of hydrogen-bond donors (Lipinski definition) is 2. The van der Waals surface area contributed by atoms with Crippen LogP contribution in [0.4, 0.5) is 10.8 Å². The highest BCUT2D eigenvalue weighted by Gasteiger charge is 2.45. The van der Waals surface area contributed by atoms with Crippen LogP contribution < -0.4 is 16.0 Å². The molecular weight excluding hydrogens is 620 g/mol. The van der Waals surface area contributed by atoms with Crippen LogP contribution in [0.1, 0.15) is 50.7 Å². The third-order valence-corrected chi connectivity index (χ3v) is 9.66. The molecule has 41 heavy (non-hydrogen) atoms. The Morgan fingerprint density at radius 1 is 1.24 bits per heavy atom. The summed E-state index contributed by atoms with van der Waals surface area (Å²) in [5.41, 5.74) is 10.8. The Morgan fingerprint density at radius 3 is 2.68 bits per heavy atom. The van der Waals surface area contributed by atoms with Gasteiger partial charge in [0, 0.05) is 27.9 Å². The first-order valence-corrected chi connectivity index (χ1v) is 15.8. The van der Waals surface area contributed by atoms with Gasteiger partial charge in [0.15, 0.2) is 10.1 Å². The van der Waals surface area contributed by atoms with Crippen LogP contribution in [-0.4, -0.2) is 27.6 Å². The zero-order valence-electron chi connectivity index (χ0n) is 22.9. The standard InChI is InChI=1S/C30H29BrN6O2S2/c1-4-17-8-10-20(11-9-17)34-24(39)16-40-29-36-35-28(41-29)37-22-13-30(2,3)14-23(38)26(22)25(21(15-32)27(37)33)18-6-5-7-19(31)12-18/h5-12,25H,4,13-14,16,33H2,1-3H3,(H,34,39). The quantitative estimate of drug-likeness (QED) is 0.277. The molecule has 2 aliphatic rings. The lowest BCUT2D eigenvalue weighted by Crippen LogP contribution is -2.42. The molecule has 210 valence electrons. The second-order valence-corrected chi connectivity index (χ2v) is 13.9. The number of nitrogens with two attached hydrogens (primary N) is 1. The van der Waals surface area contributed by atoms with Gasteiger partial charge in [-0.25, -0.2) is 0 Å². The molecule has 1 aliphatic carbocycles. The number of aryl methyl sites for hydroxylation is 1. The van der Waals surface area contributed by atoms with Gasteiger partial charge >= 0.3 is 0 Å². The predicted octanol–water partition coefficient (Wildman–Crippen LogP) is 6.53. The van der Waals surface area contributed by atoms with Crippen LogP contribution >= 0.6 is 39.0 Å². The maximum Gasteiger partial charge on any atom is 0.234 e. The van der Waals surface area contributed by atoms with Gasteiger partial charge in [-0.05, 0) is 53.6 Å². The van der Waals surface area contributed by atoms with Gasteiger partial charge in [-0.2, -0.15) is 5.26 Å². The minimum absolute atomic E-state index is 0.00534. The average Bonchev–Trinajstić information content (AvgIpc) is 3.39. The summed E-state index contributed by atoms with van der Waals surface area (Å²) in [6, 6.07) is 17.7. The number of thioether (sulfide) groups is 1. The van der Waals surface area contributed by atoms with Crippen LogP contribution in [0.3, 0.4) is 0 Å². The predicted molar refractivity (Wildman–Crippen MR) is 166 cm³/mol. The summed E-state index contributed by atoms with van der Waals surface area (Å²) < 4.78 is 1.44. The number of carbonyl (C=O) groups excluding carboxylic acids is 2. The molecule has 1 aromatic heterocycles. The highest BCUT2D eigenvalue weighted by Crippen LogP contribution is 2.50. The van der Waals surface area contributed by atoms with Crippen LogP contribution in [0.2, 0.25) is 0 Å². The number of nitriles is 1. The van der Waals surface area contributed by atoms with Crippen molar-refractivity contribution in [1.82, 2.24) is 10.2 Å². The van der Waals surface area contributed by atoms with E-state index in [1.165, 1.54) is 28.7 Å². The minimum atomic E-state index is -0.566. The highest BCUT2D eigenvalue weighted by atomic mass is 79.9. The molecule has 3 aromatic rings. The normalized spacial score (nSPS) is 18.3. The van der Waals surface area contributed by atoms with Crippen molar-refractivity contribution in [3.63, 3.8) is 0 Å². The lowest BCUT2D eigenvalue weighted by atomic mass is 9.69. The van der Waals surface area contributed by atoms with Crippen LogP contribution in [0.25, 0.3) is 0 Å². The number of ketones is 1. The molecule has 8 nitrogen and oxygen atoms in total. The fraction of sp³-hybridized carbons (Fsp3) is 0.300. The number of nitrogens with zero attached hydrogens (tertiary/aromatic N) is 4. The van der Waals surface area contributed by atoms with E-state index < -0.39 is 5.92 Å². The first-order chi connectivity index (χ1) is 19.6. The summed E-state index contributed by atoms with van der Waals surface area (Å²) in [6.45, 7) is 6.19. The smallest absolute Gasteiger partial charge is 0.234 e. The number of amides is 1. The van der Waals surface area contributed by atoms with Crippen molar-refractivity contribution in [3.05, 3.63) is 86.8 Å². The van der Waals surface area contributed by atoms with Gasteiger partial charge in [-0.3, -0.25) is 14.5 Å². The van der Waals surface area contributed by atoms with Crippen molar-refractivity contribution in [2.45, 2.75) is 50.3 Å². The number of anilines is 2. The Bertz CT molecular complexity index is 1620. The third-order valence-electron chi connectivity index (χ3n) is 7.12. The zero-order valence-corrected chi connectivity index (χ0v) is 26.1. The van der Waals surface area contributed by atoms with Gasteiger partial charge in [0.05, 0.1) is 23.3 Å². The van der Waals surface area contributed by atoms with Gasteiger partial charge in [-0.15, -0.1) is 10.2 Å². The van der Waals surface area contributed by atoms with E-state index in [-0.39, 0.29) is 28.7 Å². The Labute approximate surface area is 255 Å². The monoisotopic (exact) mass is 648 g/mol. The Kier molecular flexibility index (Phi) is 8.36. The number of allylic oxidation sites excluding steroid dienone is 3. The number of rotatable bonds is 7. The molecule has 3 N–H and O–H groups in total. The molecule has 5 rings (SSSR count). The van der Waals surface area contributed by atoms with Crippen molar-refractivity contribution in [3.8, 4) is 6.07 Å². The van der Waals surface area contributed by atoms with Crippen molar-refractivity contribution < 1.29 is 9.59 Å². The van der Waals surface area contributed by atoms with E-state index in [2.05, 4.69) is 58.3 Å². The molecule has 0 fully saturated rings. The molecule has 1 aliphatic heterocycles. The van der Waals surface area contributed by atoms with Gasteiger partial charge < -0.3 is 11.1 Å². The topological polar surface area (TPSA) is 125 Å². The number of Topliss-reactive ketones (excluding diaryl/α,β-unsaturated/α-hetero) is 1. The molecule has 1 amide bonds. The van der Waals surface area contributed by atoms with E-state index in [4.69, 9.17) is 5.73 Å². The second kappa shape index (κ2) is 11.8. The Morgan fingerprint density at radius 2 is 2.00 bits per heavy atom. The van der Waals surface area contributed by atoms with Gasteiger partial charge in [0.1, 0.15) is 5.82 Å². The van der Waals surface area contributed by atoms with Crippen molar-refractivity contribution >= 4 is 61.5 Å². The van der Waals surface area contributed by atoms with Crippen molar-refractivity contribution in [2.24, 2.45) is 11.1 Å². The lowest BCUT2D eigenvalue weighted by Gasteiger charge is -2.42. The first kappa shape index (κ1) is 29.0. The number of aromatic nitrogens is 2. The van der Waals surface area contributed by atoms with E-state index in [0.29, 0.717) is 33.5 Å². The number of halogens is 1. The van der Waals surface area contributed by atoms with Gasteiger partial charge in [-0.1, -0.05) is 84.1 Å². The molecule has 0 radical (unpaired) electrons. The van der Waals surface area contributed by atoms with E-state index in [1.807, 2.05) is 48.5 Å². The van der Waals surface area contributed by atoms with Gasteiger partial charge in [0.2, 0.25) is 11.0 Å². The minimum Gasteiger partial charge on any atom is -0.384 e. The molecule has 0 saturated carbocycles. The molecule has 0 saturated heterocycles. The summed E-state index contributed by atoms with van der Waals surface area (Å²) >= 11 is 6.07. The van der Waals surface area contributed by atoms with Crippen LogP contribution in [-0.2, 0) is 16.0 Å². The fourth-order valence-corrected chi connectivity index (χ4v) is 7.34. The van der Waals surface area contributed by atoms with E-state index in [0.717, 1.165) is 27.8 Å². The second-order valence-electron chi connectivity index (χ2n) is 10.8. The molecule has 1 atom stereocenters. The molecule has 2 heterocycles. The van der Waals surface area contributed by atoms with E-state index in [1.54, 1.807) is 4.90 Å². The Hall–Kier alpha value is -3.46. The molecule has 0 spiro atoms. The maximum atomic E-state index is 13.7. The largest absolute Gasteiger partial charge is 0.384 e. The SMILES string of the molecule is CCc1ccc(NC(=O)CSc2nnc(N3C(N)=C(C#N)C(c4cccc(Br)c4)C4=C3CC(C)(C)CC4=O)s2)cc1. The summed E-state index contributed by atoms with van der Waals surface area (Å²) in [5.74, 6) is -0.327. The summed E-state index contributed by atoms with van der Waals surface area (Å²) in [7, 11) is 0. The number of hydrogen-bond acceptors (Lipinski definition) is 9. The van der Waals surface area contributed by atoms with E-state index in [9.17, 15) is 14.9 Å². The van der Waals surface area contributed by atoms with Crippen molar-refractivity contribution in [2.75, 3.05) is 16.0 Å². The first-order valence-electron chi connectivity index (χ1n) is 13.2. The number of benzene rings is 2. The van der Waals surface area contributed by atoms with Crippen LogP contribution in [0.5, 0.6) is 0 Å². The van der Waals surface area contributed by atoms with Gasteiger partial charge in [0.25, 0.3) is 0 Å². The van der Waals surface area contributed by atoms with E-state index >= 15 is 0 Å². The summed E-state index contributed by atoms with van der Waals surface area (Å²) in [5, 5.41) is 22.3. The molecule has 0 bridgehead atoms. The Balaban J connectivity index is 1.44. The molecule has 11 heteroatoms. The summed E-state index contributed by atoms with van der Waals surface area (Å²) in [6.07, 6.45) is 1.89. The summed E-state index contributed by atoms with van der Waals surface area (Å²) in [4.78, 5) is 28.0. The highest BCUT2D eigenvalue weighted by molar-refractivity contribution is 9.10. The number of nitrogens with one attached hydrogen (secondary N) is 1. The van der Waals surface area contributed by atoms with Crippen molar-refractivity contribution in [1.29, 1.82) is 5.26 Å². The van der Waals surface area contributed by atoms with Crippen LogP contribution in [0, 0.1) is 16.7 Å². The molecular formula is C30H29BrN6O2S2. The average molecular weight is 650 g/mol. The lowest BCUT2D eigenvalue weighted by molar-refractivity contribution is -0.118. The fourth-order valence-electron chi connectivity index (χ4n) is 5.25. The maximum absolute atomic E-state index is 13.7. The van der Waals surface area contributed by atoms with Crippen LogP contribution in [0.15, 0.2) is 80.0 Å². The third kappa shape index (κ3) is 6.10.